The Bertz CT molecular complexity index is 1050. The molecule has 0 saturated heterocycles. The molecule has 4 N–H and O–H groups in total. The van der Waals surface area contributed by atoms with E-state index in [0.29, 0.717) is 28.1 Å². The third kappa shape index (κ3) is 5.23. The minimum atomic E-state index is -0.933. The number of hydrogen-bond donors (Lipinski definition) is 4. The van der Waals surface area contributed by atoms with Crippen molar-refractivity contribution in [3.05, 3.63) is 77.4 Å². The predicted octanol–water partition coefficient (Wildman–Crippen LogP) is 4.32. The van der Waals surface area contributed by atoms with Crippen molar-refractivity contribution in [2.75, 3.05) is 0 Å². The first-order chi connectivity index (χ1) is 14.4. The Hall–Kier alpha value is -4.13. The molecule has 7 nitrogen and oxygen atoms in total. The molecule has 0 unspecified atom stereocenters. The van der Waals surface area contributed by atoms with E-state index in [9.17, 15) is 20.1 Å². The second-order valence-electron chi connectivity index (χ2n) is 6.51. The van der Waals surface area contributed by atoms with Gasteiger partial charge in [-0.1, -0.05) is 24.3 Å². The molecule has 3 aromatic rings. The first-order valence-corrected chi connectivity index (χ1v) is 9.16. The van der Waals surface area contributed by atoms with Crippen LogP contribution in [-0.4, -0.2) is 38.8 Å². The number of carboxylic acids is 1. The molecule has 152 valence electrons. The van der Waals surface area contributed by atoms with Gasteiger partial charge in [0.15, 0.2) is 0 Å². The number of phenols is 3. The Morgan fingerprint density at radius 1 is 0.800 bits per heavy atom. The largest absolute Gasteiger partial charge is 0.507 e. The molecule has 0 aromatic heterocycles. The average molecular weight is 404 g/mol. The number of benzene rings is 3. The van der Waals surface area contributed by atoms with Gasteiger partial charge in [-0.2, -0.15) is 0 Å². The number of aromatic hydroxyl groups is 3. The number of aryl methyl sites for hydroxylation is 1. The maximum atomic E-state index is 10.9. The van der Waals surface area contributed by atoms with Crippen LogP contribution >= 0.6 is 0 Å². The van der Waals surface area contributed by atoms with Crippen LogP contribution < -0.4 is 0 Å². The summed E-state index contributed by atoms with van der Waals surface area (Å²) in [5.41, 5.74) is 2.03. The Kier molecular flexibility index (Phi) is 6.44. The number of nitrogens with zero attached hydrogens (tertiary/aromatic N) is 2. The topological polar surface area (TPSA) is 123 Å². The Balaban J connectivity index is 1.99. The lowest BCUT2D eigenvalue weighted by Crippen LogP contribution is -2.00. The Morgan fingerprint density at radius 3 is 1.70 bits per heavy atom. The molecule has 0 amide bonds. The van der Waals surface area contributed by atoms with E-state index >= 15 is 0 Å². The molecule has 0 fully saturated rings. The molecule has 0 spiro atoms. The van der Waals surface area contributed by atoms with E-state index in [2.05, 4.69) is 9.98 Å². The van der Waals surface area contributed by atoms with Gasteiger partial charge in [0.2, 0.25) is 0 Å². The number of carboxylic acid groups (broad SMARTS) is 1. The molecular formula is C23H20N2O5. The van der Waals surface area contributed by atoms with Crippen molar-refractivity contribution in [2.24, 2.45) is 9.98 Å². The van der Waals surface area contributed by atoms with Crippen molar-refractivity contribution < 1.29 is 25.2 Å². The summed E-state index contributed by atoms with van der Waals surface area (Å²) in [4.78, 5) is 19.4. The van der Waals surface area contributed by atoms with Crippen LogP contribution in [-0.2, 0) is 11.2 Å². The van der Waals surface area contributed by atoms with E-state index in [1.165, 1.54) is 24.6 Å². The maximum absolute atomic E-state index is 10.9. The highest BCUT2D eigenvalue weighted by molar-refractivity contribution is 5.94. The minimum Gasteiger partial charge on any atom is -0.507 e. The van der Waals surface area contributed by atoms with Crippen molar-refractivity contribution in [1.82, 2.24) is 0 Å². The van der Waals surface area contributed by atoms with Crippen molar-refractivity contribution in [1.29, 1.82) is 0 Å². The number of rotatable bonds is 7. The van der Waals surface area contributed by atoms with Gasteiger partial charge in [-0.3, -0.25) is 14.8 Å². The summed E-state index contributed by atoms with van der Waals surface area (Å²) in [5, 5.41) is 39.4. The highest BCUT2D eigenvalue weighted by Crippen LogP contribution is 2.29. The van der Waals surface area contributed by atoms with Crippen molar-refractivity contribution in [2.45, 2.75) is 12.8 Å². The highest BCUT2D eigenvalue weighted by Gasteiger charge is 2.10. The molecule has 0 heterocycles. The molecule has 0 aliphatic carbocycles. The van der Waals surface area contributed by atoms with Crippen molar-refractivity contribution >= 4 is 29.8 Å². The molecule has 3 rings (SSSR count). The zero-order valence-electron chi connectivity index (χ0n) is 15.9. The summed E-state index contributed by atoms with van der Waals surface area (Å²) in [5.74, 6) is -1.04. The minimum absolute atomic E-state index is 0.00314. The molecule has 0 aliphatic heterocycles. The van der Waals surface area contributed by atoms with Crippen molar-refractivity contribution in [3.63, 3.8) is 0 Å². The van der Waals surface area contributed by atoms with Gasteiger partial charge in [0, 0.05) is 30.0 Å². The van der Waals surface area contributed by atoms with Gasteiger partial charge in [0.05, 0.1) is 0 Å². The number of aliphatic imine (C=N–C) groups is 2. The summed E-state index contributed by atoms with van der Waals surface area (Å²) >= 11 is 0. The number of carbonyl (C=O) groups is 1. The van der Waals surface area contributed by atoms with Gasteiger partial charge in [-0.25, -0.2) is 0 Å². The van der Waals surface area contributed by atoms with Crippen LogP contribution in [0.4, 0.5) is 11.4 Å². The van der Waals surface area contributed by atoms with E-state index in [4.69, 9.17) is 5.11 Å². The molecule has 3 aromatic carbocycles. The van der Waals surface area contributed by atoms with Gasteiger partial charge in [0.1, 0.15) is 28.6 Å². The van der Waals surface area contributed by atoms with Crippen LogP contribution in [0.2, 0.25) is 0 Å². The molecule has 0 radical (unpaired) electrons. The van der Waals surface area contributed by atoms with E-state index in [1.807, 2.05) is 0 Å². The lowest BCUT2D eigenvalue weighted by molar-refractivity contribution is -0.136. The molecule has 7 heteroatoms. The number of phenolic OH excluding ortho intramolecular Hbond substituents is 3. The smallest absolute Gasteiger partial charge is 0.303 e. The van der Waals surface area contributed by atoms with E-state index in [0.717, 1.165) is 0 Å². The van der Waals surface area contributed by atoms with E-state index in [1.54, 1.807) is 48.5 Å². The van der Waals surface area contributed by atoms with E-state index < -0.39 is 5.97 Å². The maximum Gasteiger partial charge on any atom is 0.303 e. The fourth-order valence-corrected chi connectivity index (χ4v) is 2.76. The lowest BCUT2D eigenvalue weighted by Gasteiger charge is -2.08. The first-order valence-electron chi connectivity index (χ1n) is 9.16. The van der Waals surface area contributed by atoms with Crippen LogP contribution in [0.1, 0.15) is 23.1 Å². The molecule has 30 heavy (non-hydrogen) atoms. The summed E-state index contributed by atoms with van der Waals surface area (Å²) < 4.78 is 0. The van der Waals surface area contributed by atoms with Gasteiger partial charge in [0.25, 0.3) is 0 Å². The van der Waals surface area contributed by atoms with E-state index in [-0.39, 0.29) is 30.1 Å². The predicted molar refractivity (Wildman–Crippen MR) is 115 cm³/mol. The fourth-order valence-electron chi connectivity index (χ4n) is 2.76. The Labute approximate surface area is 172 Å². The monoisotopic (exact) mass is 404 g/mol. The molecule has 0 aliphatic rings. The lowest BCUT2D eigenvalue weighted by atomic mass is 10.0. The third-order valence-corrected chi connectivity index (χ3v) is 4.31. The molecule has 0 saturated carbocycles. The highest BCUT2D eigenvalue weighted by atomic mass is 16.4. The van der Waals surface area contributed by atoms with Crippen LogP contribution in [0.5, 0.6) is 17.2 Å². The van der Waals surface area contributed by atoms with Crippen molar-refractivity contribution in [3.8, 4) is 17.2 Å². The average Bonchev–Trinajstić information content (AvgIpc) is 2.73. The molecular weight excluding hydrogens is 384 g/mol. The summed E-state index contributed by atoms with van der Waals surface area (Å²) in [6.07, 6.45) is 2.97. The second-order valence-corrected chi connectivity index (χ2v) is 6.51. The third-order valence-electron chi connectivity index (χ3n) is 4.31. The van der Waals surface area contributed by atoms with Crippen LogP contribution in [0, 0.1) is 0 Å². The number of para-hydroxylation sites is 4. The van der Waals surface area contributed by atoms with Gasteiger partial charge in [-0.05, 0) is 48.4 Å². The standard InChI is InChI=1S/C23H20N2O5/c26-20-7-3-1-5-18(20)24-13-16-11-15(9-10-22(28)29)12-17(23(16)30)14-25-19-6-2-4-8-21(19)27/h1-8,11-14,26-27,30H,9-10H2,(H,28,29). The normalized spacial score (nSPS) is 11.3. The molecule has 0 bridgehead atoms. The van der Waals surface area contributed by atoms with Crippen LogP contribution in [0.25, 0.3) is 0 Å². The zero-order valence-corrected chi connectivity index (χ0v) is 15.9. The number of aliphatic carboxylic acids is 1. The van der Waals surface area contributed by atoms with Crippen LogP contribution in [0.3, 0.4) is 0 Å². The summed E-state index contributed by atoms with van der Waals surface area (Å²) in [7, 11) is 0. The second kappa shape index (κ2) is 9.38. The summed E-state index contributed by atoms with van der Waals surface area (Å²) in [6, 6.07) is 16.3. The van der Waals surface area contributed by atoms with Crippen LogP contribution in [0.15, 0.2) is 70.6 Å². The van der Waals surface area contributed by atoms with Gasteiger partial charge < -0.3 is 20.4 Å². The van der Waals surface area contributed by atoms with Gasteiger partial charge in [-0.15, -0.1) is 0 Å². The first kappa shape index (κ1) is 20.6. The zero-order chi connectivity index (χ0) is 21.5. The Morgan fingerprint density at radius 2 is 1.27 bits per heavy atom. The molecule has 0 atom stereocenters. The van der Waals surface area contributed by atoms with Gasteiger partial charge >= 0.3 is 5.97 Å². The SMILES string of the molecule is O=C(O)CCc1cc(C=Nc2ccccc2O)c(O)c(C=Nc2ccccc2O)c1. The quantitative estimate of drug-likeness (QED) is 0.437. The fraction of sp³-hybridized carbons (Fsp3) is 0.0870. The number of hydrogen-bond acceptors (Lipinski definition) is 6. The summed E-state index contributed by atoms with van der Waals surface area (Å²) in [6.45, 7) is 0.